The second-order valence-electron chi connectivity index (χ2n) is 9.16. The van der Waals surface area contributed by atoms with Crippen molar-refractivity contribution in [1.82, 2.24) is 9.13 Å². The Morgan fingerprint density at radius 2 is 1.56 bits per heavy atom. The van der Waals surface area contributed by atoms with Crippen LogP contribution in [-0.4, -0.2) is 35.3 Å². The first-order valence-corrected chi connectivity index (χ1v) is 12.1. The van der Waals surface area contributed by atoms with Gasteiger partial charge in [-0.05, 0) is 29.1 Å². The number of aromatic nitrogens is 2. The number of nitrogens with zero attached hydrogens (tertiary/aromatic N) is 2. The van der Waals surface area contributed by atoms with Crippen LogP contribution >= 0.6 is 0 Å². The van der Waals surface area contributed by atoms with Crippen LogP contribution in [0.3, 0.4) is 0 Å². The zero-order valence-electron chi connectivity index (χ0n) is 20.6. The summed E-state index contributed by atoms with van der Waals surface area (Å²) in [6, 6.07) is 18.2. The highest BCUT2D eigenvalue weighted by molar-refractivity contribution is 5.95. The number of hydrogen-bond acceptors (Lipinski definition) is 4. The van der Waals surface area contributed by atoms with E-state index in [1.165, 1.54) is 14.2 Å². The Kier molecular flexibility index (Phi) is 6.27. The lowest BCUT2D eigenvalue weighted by molar-refractivity contribution is -0.149. The van der Waals surface area contributed by atoms with Gasteiger partial charge in [0.2, 0.25) is 0 Å². The molecular weight excluding hydrogens is 452 g/mol. The minimum Gasteiger partial charge on any atom is -0.469 e. The van der Waals surface area contributed by atoms with E-state index in [4.69, 9.17) is 9.47 Å². The molecule has 0 spiro atoms. The second kappa shape index (κ2) is 9.53. The van der Waals surface area contributed by atoms with E-state index in [1.807, 2.05) is 60.7 Å². The van der Waals surface area contributed by atoms with Gasteiger partial charge in [-0.1, -0.05) is 48.6 Å². The smallest absolute Gasteiger partial charge is 0.313 e. The summed E-state index contributed by atoms with van der Waals surface area (Å²) < 4.78 is 15.0. The number of fused-ring (bicyclic) bond motifs is 4. The van der Waals surface area contributed by atoms with Crippen LogP contribution in [0.1, 0.15) is 28.8 Å². The summed E-state index contributed by atoms with van der Waals surface area (Å²) >= 11 is 0. The van der Waals surface area contributed by atoms with Crippen LogP contribution in [0.4, 0.5) is 0 Å². The third-order valence-electron chi connectivity index (χ3n) is 7.41. The maximum Gasteiger partial charge on any atom is 0.313 e. The first kappa shape index (κ1) is 23.7. The number of esters is 2. The van der Waals surface area contributed by atoms with Gasteiger partial charge in [-0.3, -0.25) is 9.59 Å². The van der Waals surface area contributed by atoms with Crippen LogP contribution in [0.25, 0.3) is 21.8 Å². The van der Waals surface area contributed by atoms with Gasteiger partial charge >= 0.3 is 11.9 Å². The molecule has 36 heavy (non-hydrogen) atoms. The van der Waals surface area contributed by atoms with Gasteiger partial charge in [-0.25, -0.2) is 0 Å². The van der Waals surface area contributed by atoms with E-state index >= 15 is 0 Å². The molecule has 0 saturated heterocycles. The Labute approximate surface area is 210 Å². The molecule has 6 heteroatoms. The van der Waals surface area contributed by atoms with Crippen LogP contribution in [0, 0.1) is 5.92 Å². The molecule has 3 atom stereocenters. The van der Waals surface area contributed by atoms with Gasteiger partial charge in [-0.2, -0.15) is 0 Å². The van der Waals surface area contributed by atoms with Crippen LogP contribution in [0.5, 0.6) is 0 Å². The van der Waals surface area contributed by atoms with Crippen LogP contribution < -0.4 is 0 Å². The fourth-order valence-electron chi connectivity index (χ4n) is 6.03. The van der Waals surface area contributed by atoms with Gasteiger partial charge in [0.15, 0.2) is 0 Å². The predicted octanol–water partition coefficient (Wildman–Crippen LogP) is 5.35. The van der Waals surface area contributed by atoms with E-state index in [9.17, 15) is 9.59 Å². The topological polar surface area (TPSA) is 62.5 Å². The SMILES string of the molecule is C=CCn1c([C@@H]2[C@@H](C(=O)OC)Cc3c(c4ccccc4n3CC=C)[C@H]2C(=O)OC)cc2ccccc21. The molecule has 0 unspecified atom stereocenters. The number of benzene rings is 2. The fraction of sp³-hybridized carbons (Fsp3) is 0.267. The van der Waals surface area contributed by atoms with E-state index in [2.05, 4.69) is 28.4 Å². The van der Waals surface area contributed by atoms with Crippen LogP contribution in [-0.2, 0) is 38.6 Å². The number of carbonyl (C=O) groups is 2. The number of hydrogen-bond donors (Lipinski definition) is 0. The van der Waals surface area contributed by atoms with Crippen molar-refractivity contribution in [2.45, 2.75) is 31.3 Å². The van der Waals surface area contributed by atoms with E-state index in [0.29, 0.717) is 19.5 Å². The Balaban J connectivity index is 1.86. The number of ether oxygens (including phenoxy) is 2. The van der Waals surface area contributed by atoms with Crippen molar-refractivity contribution in [1.29, 1.82) is 0 Å². The zero-order valence-corrected chi connectivity index (χ0v) is 20.6. The summed E-state index contributed by atoms with van der Waals surface area (Å²) in [5, 5.41) is 2.03. The molecule has 1 aliphatic rings. The lowest BCUT2D eigenvalue weighted by Gasteiger charge is -2.37. The number of rotatable bonds is 7. The molecule has 2 aromatic carbocycles. The van der Waals surface area contributed by atoms with E-state index < -0.39 is 17.8 Å². The van der Waals surface area contributed by atoms with Crippen LogP contribution in [0.2, 0.25) is 0 Å². The molecule has 0 saturated carbocycles. The van der Waals surface area contributed by atoms with Crippen molar-refractivity contribution in [3.63, 3.8) is 0 Å². The number of para-hydroxylation sites is 2. The van der Waals surface area contributed by atoms with Crippen molar-refractivity contribution < 1.29 is 19.1 Å². The average Bonchev–Trinajstić information content (AvgIpc) is 3.43. The number of methoxy groups -OCH3 is 2. The predicted molar refractivity (Wildman–Crippen MR) is 141 cm³/mol. The van der Waals surface area contributed by atoms with Gasteiger partial charge in [0.1, 0.15) is 0 Å². The maximum atomic E-state index is 13.6. The molecule has 2 heterocycles. The molecule has 2 aromatic heterocycles. The Morgan fingerprint density at radius 3 is 2.25 bits per heavy atom. The van der Waals surface area contributed by atoms with Crippen LogP contribution in [0.15, 0.2) is 79.9 Å². The van der Waals surface area contributed by atoms with Crippen molar-refractivity contribution in [3.8, 4) is 0 Å². The maximum absolute atomic E-state index is 13.6. The van der Waals surface area contributed by atoms with Crippen molar-refractivity contribution in [3.05, 3.63) is 96.9 Å². The summed E-state index contributed by atoms with van der Waals surface area (Å²) in [7, 11) is 2.81. The monoisotopic (exact) mass is 482 g/mol. The minimum atomic E-state index is -0.688. The molecule has 0 amide bonds. The highest BCUT2D eigenvalue weighted by atomic mass is 16.5. The zero-order chi connectivity index (χ0) is 25.4. The van der Waals surface area contributed by atoms with Crippen molar-refractivity contribution >= 4 is 33.7 Å². The first-order chi connectivity index (χ1) is 17.5. The third-order valence-corrected chi connectivity index (χ3v) is 7.41. The largest absolute Gasteiger partial charge is 0.469 e. The molecule has 5 rings (SSSR count). The standard InChI is InChI=1S/C30H30N2O4/c1-5-15-31-22-13-9-7-11-19(22)17-24(31)27-21(29(33)35-3)18-25-26(28(27)30(34)36-4)20-12-8-10-14-23(20)32(25)16-6-2/h5-14,17,21,27-28H,1-2,15-16,18H2,3-4H3/t21-,27-,28+/m0/s1. The Morgan fingerprint density at radius 1 is 0.917 bits per heavy atom. The summed E-state index contributed by atoms with van der Waals surface area (Å²) in [5.41, 5.74) is 4.80. The molecule has 4 aromatic rings. The fourth-order valence-corrected chi connectivity index (χ4v) is 6.03. The molecule has 0 radical (unpaired) electrons. The molecule has 6 nitrogen and oxygen atoms in total. The quantitative estimate of drug-likeness (QED) is 0.263. The molecule has 1 aliphatic carbocycles. The van der Waals surface area contributed by atoms with Gasteiger partial charge in [0, 0.05) is 53.2 Å². The Bertz CT molecular complexity index is 1490. The first-order valence-electron chi connectivity index (χ1n) is 12.1. The molecule has 184 valence electrons. The number of allylic oxidation sites excluding steroid dienone is 2. The van der Waals surface area contributed by atoms with Gasteiger partial charge in [-0.15, -0.1) is 13.2 Å². The van der Waals surface area contributed by atoms with Gasteiger partial charge in [0.25, 0.3) is 0 Å². The molecular formula is C30H30N2O4. The highest BCUT2D eigenvalue weighted by Gasteiger charge is 2.49. The second-order valence-corrected chi connectivity index (χ2v) is 9.16. The van der Waals surface area contributed by atoms with Gasteiger partial charge in [0.05, 0.1) is 26.1 Å². The average molecular weight is 483 g/mol. The summed E-state index contributed by atoms with van der Waals surface area (Å²) in [6.07, 6.45) is 4.11. The third kappa shape index (κ3) is 3.56. The molecule has 0 fully saturated rings. The summed E-state index contributed by atoms with van der Waals surface area (Å²) in [6.45, 7) is 9.00. The Hall–Kier alpha value is -4.06. The normalized spacial score (nSPS) is 19.1. The summed E-state index contributed by atoms with van der Waals surface area (Å²) in [5.74, 6) is -2.45. The lowest BCUT2D eigenvalue weighted by Crippen LogP contribution is -2.39. The van der Waals surface area contributed by atoms with Gasteiger partial charge < -0.3 is 18.6 Å². The van der Waals surface area contributed by atoms with E-state index in [-0.39, 0.29) is 11.9 Å². The molecule has 0 aliphatic heterocycles. The van der Waals surface area contributed by atoms with Crippen molar-refractivity contribution in [2.24, 2.45) is 5.92 Å². The van der Waals surface area contributed by atoms with E-state index in [0.717, 1.165) is 38.8 Å². The number of carbonyl (C=O) groups excluding carboxylic acids is 2. The minimum absolute atomic E-state index is 0.342. The van der Waals surface area contributed by atoms with E-state index in [1.54, 1.807) is 0 Å². The molecule has 0 N–H and O–H groups in total. The highest BCUT2D eigenvalue weighted by Crippen LogP contribution is 2.51. The lowest BCUT2D eigenvalue weighted by atomic mass is 9.68. The molecule has 0 bridgehead atoms. The van der Waals surface area contributed by atoms with Crippen molar-refractivity contribution in [2.75, 3.05) is 14.2 Å². The summed E-state index contributed by atoms with van der Waals surface area (Å²) in [4.78, 5) is 27.0.